The van der Waals surface area contributed by atoms with Crippen LogP contribution in [0.3, 0.4) is 0 Å². The number of carbonyl (C=O) groups is 4. The van der Waals surface area contributed by atoms with Crippen molar-refractivity contribution < 1.29 is 158 Å². The van der Waals surface area contributed by atoms with Gasteiger partial charge in [0.05, 0.1) is 34.7 Å². The average molecular weight is 334 g/mol. The van der Waals surface area contributed by atoms with Crippen molar-refractivity contribution in [2.45, 2.75) is 19.3 Å². The molecular weight excluding hydrogens is 328 g/mol. The Kier molecular flexibility index (Phi) is 16.7. The largest absolute Gasteiger partial charge is 1.00 e. The summed E-state index contributed by atoms with van der Waals surface area (Å²) in [5, 5.41) is 43.5. The molecule has 0 saturated heterocycles. The molecule has 0 aliphatic heterocycles. The van der Waals surface area contributed by atoms with Crippen LogP contribution in [0.15, 0.2) is 0 Å². The Bertz CT molecular complexity index is 358. The van der Waals surface area contributed by atoms with Crippen LogP contribution in [0.25, 0.3) is 0 Å². The van der Waals surface area contributed by atoms with Gasteiger partial charge in [0.15, 0.2) is 0 Å². The monoisotopic (exact) mass is 334 g/mol. The van der Waals surface area contributed by atoms with Crippen molar-refractivity contribution >= 4 is 23.9 Å². The van der Waals surface area contributed by atoms with E-state index in [0.29, 0.717) is 0 Å². The van der Waals surface area contributed by atoms with Crippen molar-refractivity contribution in [3.63, 3.8) is 0 Å². The van der Waals surface area contributed by atoms with Gasteiger partial charge in [-0.1, -0.05) is 6.42 Å². The Hall–Kier alpha value is 1.88. The summed E-state index contributed by atoms with van der Waals surface area (Å²) in [4.78, 5) is 43.5. The summed E-state index contributed by atoms with van der Waals surface area (Å²) in [6.45, 7) is 0. The van der Waals surface area contributed by atoms with Crippen LogP contribution in [-0.4, -0.2) is 23.9 Å². The standard InChI is InChI=1S/C9H10O8.4Na/c10-4(11)8(5(12)13)2-1-3-9(8,6(14)15)7(16)17;;;;/h1-3H2,(H,10,11)(H,12,13)(H,14,15)(H,16,17);;;;/q;4*+1/p-4. The van der Waals surface area contributed by atoms with E-state index in [4.69, 9.17) is 0 Å². The fraction of sp³-hybridized carbons (Fsp3) is 0.556. The second-order valence-corrected chi connectivity index (χ2v) is 3.81. The van der Waals surface area contributed by atoms with Crippen LogP contribution in [0.1, 0.15) is 19.3 Å². The number of rotatable bonds is 4. The number of carboxylic acids is 4. The minimum absolute atomic E-state index is 0. The Morgan fingerprint density at radius 1 is 0.571 bits per heavy atom. The second kappa shape index (κ2) is 11.4. The minimum Gasteiger partial charge on any atom is -0.549 e. The normalized spacial score (nSPS) is 16.8. The summed E-state index contributed by atoms with van der Waals surface area (Å²) >= 11 is 0. The van der Waals surface area contributed by atoms with Crippen LogP contribution < -0.4 is 139 Å². The summed E-state index contributed by atoms with van der Waals surface area (Å²) in [6, 6.07) is 0. The molecule has 0 bridgehead atoms. The molecule has 0 atom stereocenters. The van der Waals surface area contributed by atoms with Crippen molar-refractivity contribution in [2.75, 3.05) is 0 Å². The third kappa shape index (κ3) is 4.70. The molecule has 21 heavy (non-hydrogen) atoms. The zero-order valence-corrected chi connectivity index (χ0v) is 20.4. The maximum Gasteiger partial charge on any atom is 1.00 e. The summed E-state index contributed by atoms with van der Waals surface area (Å²) in [5.74, 6) is -9.32. The molecule has 8 nitrogen and oxygen atoms in total. The third-order valence-electron chi connectivity index (χ3n) is 3.23. The molecule has 1 saturated carbocycles. The van der Waals surface area contributed by atoms with E-state index in [1.54, 1.807) is 0 Å². The van der Waals surface area contributed by atoms with Gasteiger partial charge < -0.3 is 39.6 Å². The average Bonchev–Trinajstić information content (AvgIpc) is 2.58. The zero-order valence-electron chi connectivity index (χ0n) is 12.4. The van der Waals surface area contributed by atoms with Crippen molar-refractivity contribution in [1.29, 1.82) is 0 Å². The van der Waals surface area contributed by atoms with E-state index in [9.17, 15) is 39.6 Å². The van der Waals surface area contributed by atoms with E-state index in [1.807, 2.05) is 0 Å². The maximum absolute atomic E-state index is 10.9. The number of hydrogen-bond donors (Lipinski definition) is 0. The summed E-state index contributed by atoms with van der Waals surface area (Å²) in [7, 11) is 0. The molecule has 1 aliphatic carbocycles. The summed E-state index contributed by atoms with van der Waals surface area (Å²) in [5.41, 5.74) is -6.32. The molecular formula is C9H6Na4O8. The van der Waals surface area contributed by atoms with Crippen LogP contribution in [-0.2, 0) is 19.2 Å². The van der Waals surface area contributed by atoms with E-state index >= 15 is 0 Å². The van der Waals surface area contributed by atoms with E-state index in [1.165, 1.54) is 0 Å². The molecule has 1 fully saturated rings. The molecule has 0 heterocycles. The van der Waals surface area contributed by atoms with Gasteiger partial charge >= 0.3 is 118 Å². The van der Waals surface area contributed by atoms with E-state index in [0.717, 1.165) is 0 Å². The second-order valence-electron chi connectivity index (χ2n) is 3.81. The summed E-state index contributed by atoms with van der Waals surface area (Å²) in [6.07, 6.45) is -1.69. The Morgan fingerprint density at radius 2 is 0.762 bits per heavy atom. The van der Waals surface area contributed by atoms with Crippen molar-refractivity contribution in [3.8, 4) is 0 Å². The Morgan fingerprint density at radius 3 is 0.905 bits per heavy atom. The first-order valence-electron chi connectivity index (χ1n) is 4.59. The van der Waals surface area contributed by atoms with Gasteiger partial charge in [-0.25, -0.2) is 0 Å². The van der Waals surface area contributed by atoms with E-state index in [-0.39, 0.29) is 125 Å². The SMILES string of the molecule is O=C([O-])C1(C(=O)[O-])CCCC1(C(=O)[O-])C(=O)[O-].[Na+].[Na+].[Na+].[Na+]. The molecule has 0 amide bonds. The number of hydrogen-bond acceptors (Lipinski definition) is 8. The molecule has 12 heteroatoms. The molecule has 94 valence electrons. The van der Waals surface area contributed by atoms with Crippen LogP contribution in [0.4, 0.5) is 0 Å². The molecule has 0 unspecified atom stereocenters. The van der Waals surface area contributed by atoms with Crippen molar-refractivity contribution in [2.24, 2.45) is 10.8 Å². The van der Waals surface area contributed by atoms with Crippen LogP contribution in [0.2, 0.25) is 0 Å². The quantitative estimate of drug-likeness (QED) is 0.362. The first kappa shape index (κ1) is 30.7. The van der Waals surface area contributed by atoms with Gasteiger partial charge in [0.1, 0.15) is 0 Å². The molecule has 0 aromatic heterocycles. The smallest absolute Gasteiger partial charge is 0.549 e. The van der Waals surface area contributed by atoms with Crippen molar-refractivity contribution in [3.05, 3.63) is 0 Å². The van der Waals surface area contributed by atoms with Gasteiger partial charge in [0.2, 0.25) is 0 Å². The van der Waals surface area contributed by atoms with Gasteiger partial charge in [-0.2, -0.15) is 0 Å². The fourth-order valence-corrected chi connectivity index (χ4v) is 2.32. The molecule has 0 aromatic rings. The van der Waals surface area contributed by atoms with Crippen LogP contribution >= 0.6 is 0 Å². The van der Waals surface area contributed by atoms with E-state index in [2.05, 4.69) is 0 Å². The van der Waals surface area contributed by atoms with Gasteiger partial charge in [-0.05, 0) is 12.8 Å². The van der Waals surface area contributed by atoms with Gasteiger partial charge in [-0.3, -0.25) is 0 Å². The van der Waals surface area contributed by atoms with Gasteiger partial charge in [0.25, 0.3) is 0 Å². The predicted octanol–water partition coefficient (Wildman–Crippen LogP) is -17.8. The topological polar surface area (TPSA) is 161 Å². The molecule has 0 spiro atoms. The Labute approximate surface area is 208 Å². The first-order chi connectivity index (χ1) is 7.73. The third-order valence-corrected chi connectivity index (χ3v) is 3.23. The van der Waals surface area contributed by atoms with Gasteiger partial charge in [-0.15, -0.1) is 0 Å². The molecule has 0 aromatic carbocycles. The molecule has 0 radical (unpaired) electrons. The summed E-state index contributed by atoms with van der Waals surface area (Å²) < 4.78 is 0. The maximum atomic E-state index is 10.9. The Balaban J connectivity index is -0.000000361. The number of carboxylic acid groups (broad SMARTS) is 4. The number of carbonyl (C=O) groups excluding carboxylic acids is 4. The first-order valence-corrected chi connectivity index (χ1v) is 4.59. The van der Waals surface area contributed by atoms with Crippen LogP contribution in [0.5, 0.6) is 0 Å². The van der Waals surface area contributed by atoms with Crippen LogP contribution in [0, 0.1) is 10.8 Å². The number of aliphatic carboxylic acids is 4. The predicted molar refractivity (Wildman–Crippen MR) is 38.7 cm³/mol. The zero-order chi connectivity index (χ0) is 13.4. The molecule has 0 N–H and O–H groups in total. The van der Waals surface area contributed by atoms with E-state index < -0.39 is 47.5 Å². The fourth-order valence-electron chi connectivity index (χ4n) is 2.32. The molecule has 1 aliphatic rings. The van der Waals surface area contributed by atoms with Crippen molar-refractivity contribution in [1.82, 2.24) is 0 Å². The van der Waals surface area contributed by atoms with Gasteiger partial charge in [0, 0.05) is 0 Å². The minimum atomic E-state index is -3.16. The molecule has 1 rings (SSSR count).